The molecule has 0 fully saturated rings. The van der Waals surface area contributed by atoms with Crippen LogP contribution >= 0.6 is 0 Å². The summed E-state index contributed by atoms with van der Waals surface area (Å²) in [6, 6.07) is 20.0. The molecule has 1 aliphatic heterocycles. The van der Waals surface area contributed by atoms with Crippen LogP contribution in [0.15, 0.2) is 84.0 Å². The van der Waals surface area contributed by atoms with Crippen molar-refractivity contribution in [2.24, 2.45) is 0 Å². The number of aryl methyl sites for hydroxylation is 1. The molecule has 3 heterocycles. The molecule has 1 amide bonds. The van der Waals surface area contributed by atoms with Gasteiger partial charge < -0.3 is 19.6 Å². The molecule has 46 heavy (non-hydrogen) atoms. The molecule has 1 atom stereocenters. The van der Waals surface area contributed by atoms with Crippen molar-refractivity contribution in [3.8, 4) is 28.0 Å². The highest BCUT2D eigenvalue weighted by atomic mass is 32.2. The highest BCUT2D eigenvalue weighted by Gasteiger charge is 2.25. The summed E-state index contributed by atoms with van der Waals surface area (Å²) in [5.41, 5.74) is 7.31. The van der Waals surface area contributed by atoms with Gasteiger partial charge in [0.2, 0.25) is 0 Å². The van der Waals surface area contributed by atoms with Gasteiger partial charge in [-0.3, -0.25) is 4.79 Å². The van der Waals surface area contributed by atoms with Crippen LogP contribution in [0.1, 0.15) is 34.0 Å². The van der Waals surface area contributed by atoms with Crippen molar-refractivity contribution >= 4 is 27.0 Å². The fourth-order valence-electron chi connectivity index (χ4n) is 6.12. The number of hydrogen-bond acceptors (Lipinski definition) is 7. The van der Waals surface area contributed by atoms with Gasteiger partial charge in [0.15, 0.2) is 5.65 Å². The standard InChI is InChI=1S/C36H38N4O5S/c1-23-6-12-30(13-7-23)46(43,44)40-22-33(25-8-10-26(11-9-25)36(42)39(4)20-24(2)41)32-17-28(19-37-35(32)40)27-16-29-21-38(3)15-14-31(29)34(18-27)45-5/h6-13,16-19,22,24,41H,14-15,20-21H2,1-5H3. The molecule has 1 aliphatic rings. The molecule has 0 spiro atoms. The van der Waals surface area contributed by atoms with E-state index in [9.17, 15) is 18.3 Å². The summed E-state index contributed by atoms with van der Waals surface area (Å²) in [6.45, 7) is 5.53. The molecule has 3 aromatic carbocycles. The number of aliphatic hydroxyl groups excluding tert-OH is 1. The van der Waals surface area contributed by atoms with Gasteiger partial charge in [-0.2, -0.15) is 0 Å². The summed E-state index contributed by atoms with van der Waals surface area (Å²) in [5, 5.41) is 10.4. The van der Waals surface area contributed by atoms with Crippen LogP contribution in [0.2, 0.25) is 0 Å². The van der Waals surface area contributed by atoms with Crippen LogP contribution in [0.25, 0.3) is 33.3 Å². The first kappa shape index (κ1) is 31.5. The Kier molecular flexibility index (Phi) is 8.45. The second-order valence-electron chi connectivity index (χ2n) is 12.2. The number of aliphatic hydroxyl groups is 1. The minimum atomic E-state index is -3.98. The number of carbonyl (C=O) groups excluding carboxylic acids is 1. The predicted octanol–water partition coefficient (Wildman–Crippen LogP) is 5.37. The van der Waals surface area contributed by atoms with E-state index in [1.807, 2.05) is 31.2 Å². The van der Waals surface area contributed by atoms with Crippen molar-refractivity contribution in [1.82, 2.24) is 18.8 Å². The Labute approximate surface area is 269 Å². The summed E-state index contributed by atoms with van der Waals surface area (Å²) < 4.78 is 35.0. The molecule has 2 aromatic heterocycles. The van der Waals surface area contributed by atoms with E-state index < -0.39 is 16.1 Å². The van der Waals surface area contributed by atoms with Crippen LogP contribution < -0.4 is 4.74 Å². The number of rotatable bonds is 8. The van der Waals surface area contributed by atoms with E-state index in [0.29, 0.717) is 22.2 Å². The number of pyridine rings is 1. The largest absolute Gasteiger partial charge is 0.496 e. The van der Waals surface area contributed by atoms with Gasteiger partial charge in [0.1, 0.15) is 5.75 Å². The lowest BCUT2D eigenvalue weighted by Gasteiger charge is -2.27. The van der Waals surface area contributed by atoms with Gasteiger partial charge in [0, 0.05) is 61.2 Å². The first-order chi connectivity index (χ1) is 22.0. The summed E-state index contributed by atoms with van der Waals surface area (Å²) in [5.74, 6) is 0.619. The molecule has 6 rings (SSSR count). The maximum atomic E-state index is 14.0. The molecule has 0 radical (unpaired) electrons. The molecule has 0 bridgehead atoms. The first-order valence-corrected chi connectivity index (χ1v) is 16.7. The maximum absolute atomic E-state index is 14.0. The Morgan fingerprint density at radius 1 is 1.04 bits per heavy atom. The van der Waals surface area contributed by atoms with Crippen molar-refractivity contribution in [3.05, 3.63) is 101 Å². The lowest BCUT2D eigenvalue weighted by molar-refractivity contribution is 0.0703. The molecule has 0 aliphatic carbocycles. The van der Waals surface area contributed by atoms with Crippen LogP contribution in [-0.2, 0) is 23.0 Å². The van der Waals surface area contributed by atoms with Crippen molar-refractivity contribution in [3.63, 3.8) is 0 Å². The SMILES string of the molecule is COc1cc(-c2cnc3c(c2)c(-c2ccc(C(=O)N(C)CC(C)O)cc2)cn3S(=O)(=O)c2ccc(C)cc2)cc2c1CCN(C)C2. The number of amides is 1. The van der Waals surface area contributed by atoms with E-state index in [0.717, 1.165) is 47.5 Å². The number of ether oxygens (including phenoxy) is 1. The first-order valence-electron chi connectivity index (χ1n) is 15.2. The molecule has 10 heteroatoms. The predicted molar refractivity (Wildman–Crippen MR) is 180 cm³/mol. The maximum Gasteiger partial charge on any atom is 0.269 e. The number of aromatic nitrogens is 2. The van der Waals surface area contributed by atoms with Crippen LogP contribution in [0.4, 0.5) is 0 Å². The normalized spacial score (nSPS) is 14.2. The summed E-state index contributed by atoms with van der Waals surface area (Å²) >= 11 is 0. The number of carbonyl (C=O) groups is 1. The van der Waals surface area contributed by atoms with Gasteiger partial charge in [0.25, 0.3) is 15.9 Å². The molecule has 1 unspecified atom stereocenters. The van der Waals surface area contributed by atoms with E-state index in [-0.39, 0.29) is 17.3 Å². The average Bonchev–Trinajstić information content (AvgIpc) is 3.43. The number of methoxy groups -OCH3 is 1. The zero-order valence-corrected chi connectivity index (χ0v) is 27.5. The van der Waals surface area contributed by atoms with Gasteiger partial charge in [-0.05, 0) is 92.0 Å². The number of fused-ring (bicyclic) bond motifs is 2. The summed E-state index contributed by atoms with van der Waals surface area (Å²) in [4.78, 5) is 21.6. The number of benzene rings is 3. The minimum Gasteiger partial charge on any atom is -0.496 e. The Morgan fingerprint density at radius 2 is 1.76 bits per heavy atom. The zero-order valence-electron chi connectivity index (χ0n) is 26.7. The Bertz CT molecular complexity index is 2030. The second kappa shape index (κ2) is 12.4. The van der Waals surface area contributed by atoms with Crippen molar-refractivity contribution in [1.29, 1.82) is 0 Å². The van der Waals surface area contributed by atoms with E-state index in [1.165, 1.54) is 20.0 Å². The van der Waals surface area contributed by atoms with Crippen molar-refractivity contribution < 1.29 is 23.1 Å². The van der Waals surface area contributed by atoms with Gasteiger partial charge in [0.05, 0.1) is 18.1 Å². The van der Waals surface area contributed by atoms with Crippen molar-refractivity contribution in [2.75, 3.05) is 34.3 Å². The van der Waals surface area contributed by atoms with Crippen LogP contribution in [0.3, 0.4) is 0 Å². The third-order valence-electron chi connectivity index (χ3n) is 8.56. The van der Waals surface area contributed by atoms with Gasteiger partial charge >= 0.3 is 0 Å². The van der Waals surface area contributed by atoms with Gasteiger partial charge in [-0.25, -0.2) is 17.4 Å². The molecule has 238 valence electrons. The monoisotopic (exact) mass is 638 g/mol. The smallest absolute Gasteiger partial charge is 0.269 e. The van der Waals surface area contributed by atoms with Crippen LogP contribution in [0, 0.1) is 6.92 Å². The third-order valence-corrected chi connectivity index (χ3v) is 10.2. The number of hydrogen-bond donors (Lipinski definition) is 1. The molecule has 9 nitrogen and oxygen atoms in total. The van der Waals surface area contributed by atoms with E-state index >= 15 is 0 Å². The summed E-state index contributed by atoms with van der Waals surface area (Å²) in [6.07, 6.45) is 3.58. The van der Waals surface area contributed by atoms with Gasteiger partial charge in [-0.1, -0.05) is 29.8 Å². The lowest BCUT2D eigenvalue weighted by Crippen LogP contribution is -2.32. The Hall–Kier alpha value is -4.51. The summed E-state index contributed by atoms with van der Waals surface area (Å²) in [7, 11) is 1.45. The molecule has 1 N–H and O–H groups in total. The molecular formula is C36H38N4O5S. The highest BCUT2D eigenvalue weighted by molar-refractivity contribution is 7.90. The molecule has 0 saturated carbocycles. The molecule has 5 aromatic rings. The third kappa shape index (κ3) is 5.91. The Balaban J connectivity index is 1.50. The molecular weight excluding hydrogens is 600 g/mol. The Morgan fingerprint density at radius 3 is 2.43 bits per heavy atom. The van der Waals surface area contributed by atoms with E-state index in [2.05, 4.69) is 18.0 Å². The van der Waals surface area contributed by atoms with E-state index in [1.54, 1.807) is 69.9 Å². The molecule has 0 saturated heterocycles. The van der Waals surface area contributed by atoms with E-state index in [4.69, 9.17) is 9.72 Å². The van der Waals surface area contributed by atoms with Crippen molar-refractivity contribution in [2.45, 2.75) is 37.8 Å². The fourth-order valence-corrected chi connectivity index (χ4v) is 7.44. The van der Waals surface area contributed by atoms with Crippen LogP contribution in [-0.4, -0.2) is 78.6 Å². The highest BCUT2D eigenvalue weighted by Crippen LogP contribution is 2.38. The van der Waals surface area contributed by atoms with Crippen LogP contribution in [0.5, 0.6) is 5.75 Å². The quantitative estimate of drug-likeness (QED) is 0.244. The average molecular weight is 639 g/mol. The lowest BCUT2D eigenvalue weighted by atomic mass is 9.93. The fraction of sp³-hybridized carbons (Fsp3) is 0.278. The topological polar surface area (TPSA) is 105 Å². The zero-order chi connectivity index (χ0) is 32.7. The number of nitrogens with zero attached hydrogens (tertiary/aromatic N) is 4. The second-order valence-corrected chi connectivity index (χ2v) is 14.0. The van der Waals surface area contributed by atoms with Gasteiger partial charge in [-0.15, -0.1) is 0 Å². The minimum absolute atomic E-state index is 0.165. The number of likely N-dealkylation sites (N-methyl/N-ethyl adjacent to an activating group) is 2.